The first-order chi connectivity index (χ1) is 13.0. The molecule has 9 heteroatoms. The normalized spacial score (nSPS) is 10.1. The number of benzene rings is 1. The van der Waals surface area contributed by atoms with Gasteiger partial charge in [-0.25, -0.2) is 14.3 Å². The van der Waals surface area contributed by atoms with Crippen molar-refractivity contribution in [2.75, 3.05) is 6.61 Å². The van der Waals surface area contributed by atoms with Gasteiger partial charge in [-0.15, -0.1) is 0 Å². The Morgan fingerprint density at radius 1 is 1.11 bits per heavy atom. The number of nitrogens with one attached hydrogen (secondary N) is 2. The van der Waals surface area contributed by atoms with Crippen LogP contribution >= 0.6 is 0 Å². The second-order valence-electron chi connectivity index (χ2n) is 5.57. The van der Waals surface area contributed by atoms with Gasteiger partial charge in [-0.05, 0) is 18.1 Å². The number of rotatable bonds is 7. The number of imide groups is 1. The molecule has 0 fully saturated rings. The van der Waals surface area contributed by atoms with Crippen LogP contribution in [-0.4, -0.2) is 34.3 Å². The average molecular weight is 372 g/mol. The summed E-state index contributed by atoms with van der Waals surface area (Å²) >= 11 is 0. The summed E-state index contributed by atoms with van der Waals surface area (Å²) in [5, 5.41) is 8.45. The molecule has 1 aromatic carbocycles. The molecular weight excluding hydrogens is 352 g/mol. The molecule has 3 amide bonds. The second kappa shape index (κ2) is 9.85. The van der Waals surface area contributed by atoms with E-state index < -0.39 is 24.5 Å². The van der Waals surface area contributed by atoms with Crippen LogP contribution in [-0.2, 0) is 22.6 Å². The minimum absolute atomic E-state index is 0.0932. The predicted molar refractivity (Wildman–Crippen MR) is 95.9 cm³/mol. The number of urea groups is 1. The van der Waals surface area contributed by atoms with Crippen molar-refractivity contribution in [3.8, 4) is 0 Å². The fourth-order valence-corrected chi connectivity index (χ4v) is 2.12. The van der Waals surface area contributed by atoms with Crippen molar-refractivity contribution < 1.29 is 19.1 Å². The van der Waals surface area contributed by atoms with Gasteiger partial charge in [0, 0.05) is 19.2 Å². The van der Waals surface area contributed by atoms with Crippen molar-refractivity contribution in [3.63, 3.8) is 0 Å². The van der Waals surface area contributed by atoms with Crippen LogP contribution in [0, 0.1) is 0 Å². The van der Waals surface area contributed by atoms with Crippen LogP contribution in [0.4, 0.5) is 4.79 Å². The lowest BCUT2D eigenvalue weighted by Gasteiger charge is -2.08. The van der Waals surface area contributed by atoms with Gasteiger partial charge in [-0.3, -0.25) is 14.9 Å². The number of hydrogen-bond acceptors (Lipinski definition) is 6. The van der Waals surface area contributed by atoms with E-state index in [1.54, 1.807) is 0 Å². The van der Waals surface area contributed by atoms with Gasteiger partial charge in [-0.2, -0.15) is 5.10 Å². The summed E-state index contributed by atoms with van der Waals surface area (Å²) in [4.78, 5) is 46.9. The minimum atomic E-state index is -0.861. The Balaban J connectivity index is 1.79. The van der Waals surface area contributed by atoms with Crippen molar-refractivity contribution in [2.24, 2.45) is 0 Å². The number of aryl methyl sites for hydroxylation is 1. The van der Waals surface area contributed by atoms with Gasteiger partial charge in [0.1, 0.15) is 0 Å². The fraction of sp³-hybridized carbons (Fsp3) is 0.278. The zero-order valence-corrected chi connectivity index (χ0v) is 14.8. The summed E-state index contributed by atoms with van der Waals surface area (Å²) in [6.07, 6.45) is 0.673. The number of carbonyl (C=O) groups excluding carboxylic acids is 3. The molecule has 9 nitrogen and oxygen atoms in total. The van der Waals surface area contributed by atoms with Crippen molar-refractivity contribution in [2.45, 2.75) is 26.4 Å². The van der Waals surface area contributed by atoms with Gasteiger partial charge in [-0.1, -0.05) is 37.3 Å². The molecule has 27 heavy (non-hydrogen) atoms. The van der Waals surface area contributed by atoms with Crippen LogP contribution in [0.15, 0.2) is 47.3 Å². The Hall–Kier alpha value is -3.49. The molecule has 2 aromatic rings. The highest BCUT2D eigenvalue weighted by molar-refractivity contribution is 5.96. The van der Waals surface area contributed by atoms with E-state index in [0.29, 0.717) is 13.0 Å². The third kappa shape index (κ3) is 6.38. The molecule has 0 bridgehead atoms. The first-order valence-corrected chi connectivity index (χ1v) is 8.36. The summed E-state index contributed by atoms with van der Waals surface area (Å²) in [5.41, 5.74) is 0.449. The number of esters is 1. The maximum Gasteiger partial charge on any atom is 0.359 e. The number of aromatic nitrogens is 2. The van der Waals surface area contributed by atoms with Gasteiger partial charge < -0.3 is 10.1 Å². The van der Waals surface area contributed by atoms with Crippen molar-refractivity contribution in [1.82, 2.24) is 20.4 Å². The molecule has 2 rings (SSSR count). The Bertz CT molecular complexity index is 864. The van der Waals surface area contributed by atoms with E-state index in [0.717, 1.165) is 10.2 Å². The molecule has 1 aromatic heterocycles. The summed E-state index contributed by atoms with van der Waals surface area (Å²) in [6, 6.07) is 10.9. The van der Waals surface area contributed by atoms with Crippen LogP contribution in [0.5, 0.6) is 0 Å². The fourth-order valence-electron chi connectivity index (χ4n) is 2.12. The third-order valence-corrected chi connectivity index (χ3v) is 3.39. The first kappa shape index (κ1) is 19.8. The molecule has 142 valence electrons. The largest absolute Gasteiger partial charge is 0.451 e. The highest BCUT2D eigenvalue weighted by atomic mass is 16.5. The van der Waals surface area contributed by atoms with Gasteiger partial charge in [0.15, 0.2) is 12.3 Å². The summed E-state index contributed by atoms with van der Waals surface area (Å²) < 4.78 is 5.96. The Morgan fingerprint density at radius 3 is 2.56 bits per heavy atom. The van der Waals surface area contributed by atoms with Gasteiger partial charge in [0.2, 0.25) is 0 Å². The standard InChI is InChI=1S/C18H20N4O5/c1-2-10-22-16(24)9-8-14(21-22)17(25)27-12-15(23)20-18(26)19-11-13-6-4-3-5-7-13/h3-9H,2,10-12H2,1H3,(H2,19,20,23,26). The van der Waals surface area contributed by atoms with Crippen LogP contribution in [0.3, 0.4) is 0 Å². The molecular formula is C18H20N4O5. The zero-order valence-electron chi connectivity index (χ0n) is 14.8. The van der Waals surface area contributed by atoms with E-state index in [2.05, 4.69) is 15.7 Å². The van der Waals surface area contributed by atoms with E-state index >= 15 is 0 Å². The Morgan fingerprint density at radius 2 is 1.85 bits per heavy atom. The molecule has 2 N–H and O–H groups in total. The number of nitrogens with zero attached hydrogens (tertiary/aromatic N) is 2. The van der Waals surface area contributed by atoms with E-state index in [9.17, 15) is 19.2 Å². The molecule has 0 saturated heterocycles. The summed E-state index contributed by atoms with van der Waals surface area (Å²) in [5.74, 6) is -1.64. The van der Waals surface area contributed by atoms with Crippen molar-refractivity contribution >= 4 is 17.9 Å². The van der Waals surface area contributed by atoms with E-state index in [-0.39, 0.29) is 17.8 Å². The molecule has 0 unspecified atom stereocenters. The smallest absolute Gasteiger partial charge is 0.359 e. The van der Waals surface area contributed by atoms with Gasteiger partial charge in [0.25, 0.3) is 11.5 Å². The molecule has 0 aliphatic heterocycles. The van der Waals surface area contributed by atoms with E-state index in [4.69, 9.17) is 4.74 Å². The highest BCUT2D eigenvalue weighted by Gasteiger charge is 2.14. The lowest BCUT2D eigenvalue weighted by atomic mass is 10.2. The average Bonchev–Trinajstić information content (AvgIpc) is 2.67. The lowest BCUT2D eigenvalue weighted by Crippen LogP contribution is -2.41. The highest BCUT2D eigenvalue weighted by Crippen LogP contribution is 1.97. The summed E-state index contributed by atoms with van der Waals surface area (Å²) in [6.45, 7) is 1.84. The van der Waals surface area contributed by atoms with Crippen LogP contribution in [0.2, 0.25) is 0 Å². The molecule has 1 heterocycles. The number of hydrogen-bond donors (Lipinski definition) is 2. The molecule has 0 radical (unpaired) electrons. The molecule has 0 aliphatic carbocycles. The second-order valence-corrected chi connectivity index (χ2v) is 5.57. The van der Waals surface area contributed by atoms with E-state index in [1.165, 1.54) is 12.1 Å². The Kier molecular flexibility index (Phi) is 7.24. The van der Waals surface area contributed by atoms with Crippen molar-refractivity contribution in [1.29, 1.82) is 0 Å². The van der Waals surface area contributed by atoms with Crippen molar-refractivity contribution in [3.05, 3.63) is 64.1 Å². The molecule has 0 saturated carbocycles. The third-order valence-electron chi connectivity index (χ3n) is 3.39. The zero-order chi connectivity index (χ0) is 19.6. The monoisotopic (exact) mass is 372 g/mol. The maximum absolute atomic E-state index is 11.9. The predicted octanol–water partition coefficient (Wildman–Crippen LogP) is 0.836. The molecule has 0 atom stereocenters. The van der Waals surface area contributed by atoms with Crippen LogP contribution in [0.25, 0.3) is 0 Å². The minimum Gasteiger partial charge on any atom is -0.451 e. The Labute approximate surface area is 155 Å². The van der Waals surface area contributed by atoms with Crippen LogP contribution < -0.4 is 16.2 Å². The topological polar surface area (TPSA) is 119 Å². The van der Waals surface area contributed by atoms with E-state index in [1.807, 2.05) is 37.3 Å². The quantitative estimate of drug-likeness (QED) is 0.695. The van der Waals surface area contributed by atoms with Gasteiger partial charge in [0.05, 0.1) is 0 Å². The lowest BCUT2D eigenvalue weighted by molar-refractivity contribution is -0.123. The SMILES string of the molecule is CCCn1nc(C(=O)OCC(=O)NC(=O)NCc2ccccc2)ccc1=O. The summed E-state index contributed by atoms with van der Waals surface area (Å²) in [7, 11) is 0. The first-order valence-electron chi connectivity index (χ1n) is 8.36. The molecule has 0 spiro atoms. The van der Waals surface area contributed by atoms with Crippen LogP contribution in [0.1, 0.15) is 29.4 Å². The number of amides is 3. The maximum atomic E-state index is 11.9. The number of carbonyl (C=O) groups is 3. The van der Waals surface area contributed by atoms with Gasteiger partial charge >= 0.3 is 12.0 Å². The number of ether oxygens (including phenoxy) is 1. The molecule has 0 aliphatic rings.